The van der Waals surface area contributed by atoms with Crippen molar-refractivity contribution in [3.8, 4) is 0 Å². The Bertz CT molecular complexity index is 613. The number of carboxylic acid groups (broad SMARTS) is 1. The van der Waals surface area contributed by atoms with Gasteiger partial charge in [0.1, 0.15) is 0 Å². The van der Waals surface area contributed by atoms with Gasteiger partial charge < -0.3 is 10.4 Å². The van der Waals surface area contributed by atoms with Gasteiger partial charge in [-0.1, -0.05) is 25.0 Å². The smallest absolute Gasteiger partial charge is 0.308 e. The Labute approximate surface area is 151 Å². The molecule has 1 saturated carbocycles. The minimum absolute atomic E-state index is 0.177. The van der Waals surface area contributed by atoms with Crippen molar-refractivity contribution >= 4 is 35.4 Å². The molecule has 2 aliphatic rings. The highest BCUT2D eigenvalue weighted by Crippen LogP contribution is 2.45. The molecule has 130 valence electrons. The van der Waals surface area contributed by atoms with Crippen LogP contribution in [-0.2, 0) is 4.79 Å². The molecule has 24 heavy (non-hydrogen) atoms. The maximum Gasteiger partial charge on any atom is 0.308 e. The third-order valence-corrected chi connectivity index (χ3v) is 8.08. The largest absolute Gasteiger partial charge is 0.481 e. The average Bonchev–Trinajstić information content (AvgIpc) is 3.09. The van der Waals surface area contributed by atoms with Crippen LogP contribution in [0.3, 0.4) is 0 Å². The van der Waals surface area contributed by atoms with Gasteiger partial charge in [0.25, 0.3) is 5.91 Å². The second-order valence-electron chi connectivity index (χ2n) is 6.70. The van der Waals surface area contributed by atoms with Crippen molar-refractivity contribution in [2.75, 3.05) is 11.5 Å². The summed E-state index contributed by atoms with van der Waals surface area (Å²) in [7, 11) is 0. The van der Waals surface area contributed by atoms with Crippen LogP contribution in [0, 0.1) is 5.92 Å². The quantitative estimate of drug-likeness (QED) is 0.846. The topological polar surface area (TPSA) is 66.4 Å². The van der Waals surface area contributed by atoms with E-state index in [1.807, 2.05) is 54.7 Å². The van der Waals surface area contributed by atoms with Crippen LogP contribution in [0.1, 0.15) is 53.1 Å². The van der Waals surface area contributed by atoms with Crippen molar-refractivity contribution in [2.45, 2.75) is 42.7 Å². The van der Waals surface area contributed by atoms with E-state index in [-0.39, 0.29) is 5.91 Å². The number of nitrogens with one attached hydrogen (secondary N) is 1. The highest BCUT2D eigenvalue weighted by Gasteiger charge is 2.42. The van der Waals surface area contributed by atoms with E-state index in [4.69, 9.17) is 0 Å². The summed E-state index contributed by atoms with van der Waals surface area (Å²) in [5, 5.41) is 12.5. The summed E-state index contributed by atoms with van der Waals surface area (Å²) in [4.78, 5) is 24.1. The van der Waals surface area contributed by atoms with E-state index in [0.717, 1.165) is 12.8 Å². The van der Waals surface area contributed by atoms with E-state index in [1.165, 1.54) is 17.1 Å². The first-order valence-electron chi connectivity index (χ1n) is 8.38. The Morgan fingerprint density at radius 2 is 1.83 bits per heavy atom. The van der Waals surface area contributed by atoms with Gasteiger partial charge in [0.15, 0.2) is 0 Å². The number of carbonyl (C=O) groups is 2. The van der Waals surface area contributed by atoms with Gasteiger partial charge in [0, 0.05) is 17.1 Å². The van der Waals surface area contributed by atoms with Crippen molar-refractivity contribution in [1.29, 1.82) is 0 Å². The van der Waals surface area contributed by atoms with Crippen LogP contribution in [0.5, 0.6) is 0 Å². The highest BCUT2D eigenvalue weighted by atomic mass is 32.2. The van der Waals surface area contributed by atoms with Gasteiger partial charge in [-0.05, 0) is 37.5 Å². The van der Waals surface area contributed by atoms with Crippen molar-refractivity contribution < 1.29 is 14.7 Å². The number of hydrogen-bond acceptors (Lipinski definition) is 4. The molecule has 1 aromatic carbocycles. The van der Waals surface area contributed by atoms with Crippen LogP contribution in [-0.4, -0.2) is 34.0 Å². The van der Waals surface area contributed by atoms with Gasteiger partial charge in [0.2, 0.25) is 0 Å². The van der Waals surface area contributed by atoms with E-state index in [2.05, 4.69) is 5.32 Å². The summed E-state index contributed by atoms with van der Waals surface area (Å²) < 4.78 is 0.467. The molecule has 1 amide bonds. The lowest BCUT2D eigenvalue weighted by molar-refractivity contribution is -0.145. The van der Waals surface area contributed by atoms with E-state index in [9.17, 15) is 14.7 Å². The molecule has 6 heteroatoms. The number of hydrogen-bond donors (Lipinski definition) is 2. The number of thioether (sulfide) groups is 2. The van der Waals surface area contributed by atoms with Gasteiger partial charge >= 0.3 is 5.97 Å². The van der Waals surface area contributed by atoms with Crippen LogP contribution >= 0.6 is 23.5 Å². The maximum absolute atomic E-state index is 12.6. The minimum atomic E-state index is -0.817. The van der Waals surface area contributed by atoms with Gasteiger partial charge in [-0.3, -0.25) is 9.59 Å². The first-order valence-corrected chi connectivity index (χ1v) is 10.5. The van der Waals surface area contributed by atoms with Crippen molar-refractivity contribution in [2.24, 2.45) is 5.92 Å². The number of amides is 1. The molecule has 1 aromatic rings. The van der Waals surface area contributed by atoms with Crippen LogP contribution in [0.2, 0.25) is 0 Å². The Hall–Kier alpha value is -1.14. The van der Waals surface area contributed by atoms with Gasteiger partial charge in [-0.25, -0.2) is 0 Å². The molecular weight excluding hydrogens is 342 g/mol. The number of aliphatic carboxylic acids is 1. The Morgan fingerprint density at radius 3 is 2.46 bits per heavy atom. The molecule has 2 atom stereocenters. The predicted octanol–water partition coefficient (Wildman–Crippen LogP) is 3.93. The van der Waals surface area contributed by atoms with E-state index >= 15 is 0 Å². The fourth-order valence-corrected chi connectivity index (χ4v) is 6.41. The Morgan fingerprint density at radius 1 is 1.17 bits per heavy atom. The fourth-order valence-electron chi connectivity index (χ4n) is 3.55. The van der Waals surface area contributed by atoms with Crippen molar-refractivity contribution in [1.82, 2.24) is 5.32 Å². The van der Waals surface area contributed by atoms with Crippen LogP contribution in [0.25, 0.3) is 0 Å². The third kappa shape index (κ3) is 3.75. The molecular formula is C18H23NO3S2. The molecule has 2 fully saturated rings. The molecule has 4 nitrogen and oxygen atoms in total. The molecule has 1 heterocycles. The van der Waals surface area contributed by atoms with E-state index < -0.39 is 17.4 Å². The van der Waals surface area contributed by atoms with Crippen molar-refractivity contribution in [3.63, 3.8) is 0 Å². The standard InChI is InChI=1S/C18H23NO3S2/c1-18(9-3-2-4-14(18)16(21)22)19-15(20)12-5-7-13(8-6-12)17-23-10-11-24-17/h5-8,14,17H,2-4,9-11H2,1H3,(H,19,20)(H,21,22). The molecule has 1 aliphatic carbocycles. The summed E-state index contributed by atoms with van der Waals surface area (Å²) in [5.41, 5.74) is 1.17. The molecule has 0 bridgehead atoms. The number of rotatable bonds is 4. The molecule has 1 saturated heterocycles. The second kappa shape index (κ2) is 7.40. The van der Waals surface area contributed by atoms with Crippen LogP contribution in [0.15, 0.2) is 24.3 Å². The lowest BCUT2D eigenvalue weighted by Crippen LogP contribution is -2.55. The fraction of sp³-hybridized carbons (Fsp3) is 0.556. The van der Waals surface area contributed by atoms with Gasteiger partial charge in [0.05, 0.1) is 16.0 Å². The number of carbonyl (C=O) groups excluding carboxylic acids is 1. The Balaban J connectivity index is 1.70. The summed E-state index contributed by atoms with van der Waals surface area (Å²) in [5.74, 6) is 0.840. The summed E-state index contributed by atoms with van der Waals surface area (Å²) in [6.07, 6.45) is 3.20. The van der Waals surface area contributed by atoms with Gasteiger partial charge in [-0.2, -0.15) is 0 Å². The summed E-state index contributed by atoms with van der Waals surface area (Å²) >= 11 is 3.88. The zero-order valence-electron chi connectivity index (χ0n) is 13.8. The van der Waals surface area contributed by atoms with Crippen LogP contribution < -0.4 is 5.32 Å². The highest BCUT2D eigenvalue weighted by molar-refractivity contribution is 8.19. The zero-order chi connectivity index (χ0) is 17.2. The van der Waals surface area contributed by atoms with E-state index in [1.54, 1.807) is 0 Å². The second-order valence-corrected chi connectivity index (χ2v) is 9.43. The SMILES string of the molecule is CC1(NC(=O)c2ccc(C3SCCS3)cc2)CCCCC1C(=O)O. The first kappa shape index (κ1) is 17.7. The molecule has 0 aromatic heterocycles. The lowest BCUT2D eigenvalue weighted by Gasteiger charge is -2.39. The van der Waals surface area contributed by atoms with E-state index in [0.29, 0.717) is 23.0 Å². The van der Waals surface area contributed by atoms with Crippen LogP contribution in [0.4, 0.5) is 0 Å². The first-order chi connectivity index (χ1) is 11.5. The third-order valence-electron chi connectivity index (χ3n) is 4.97. The molecule has 1 aliphatic heterocycles. The summed E-state index contributed by atoms with van der Waals surface area (Å²) in [6.45, 7) is 1.86. The molecule has 3 rings (SSSR count). The molecule has 0 radical (unpaired) electrons. The zero-order valence-corrected chi connectivity index (χ0v) is 15.4. The Kier molecular flexibility index (Phi) is 5.45. The minimum Gasteiger partial charge on any atom is -0.481 e. The van der Waals surface area contributed by atoms with Crippen molar-refractivity contribution in [3.05, 3.63) is 35.4 Å². The van der Waals surface area contributed by atoms with Gasteiger partial charge in [-0.15, -0.1) is 23.5 Å². The molecule has 2 N–H and O–H groups in total. The monoisotopic (exact) mass is 365 g/mol. The predicted molar refractivity (Wildman–Crippen MR) is 99.6 cm³/mol. The number of carboxylic acids is 1. The number of benzene rings is 1. The summed E-state index contributed by atoms with van der Waals surface area (Å²) in [6, 6.07) is 7.74. The average molecular weight is 366 g/mol. The maximum atomic E-state index is 12.6. The normalized spacial score (nSPS) is 27.8. The lowest BCUT2D eigenvalue weighted by atomic mass is 9.73. The molecule has 2 unspecified atom stereocenters. The molecule has 0 spiro atoms.